The minimum Gasteiger partial charge on any atom is -0.543 e. The molecule has 2 unspecified atom stereocenters. The third-order valence-electron chi connectivity index (χ3n) is 9.52. The SMILES string of the molecule is CC(=O)Oc1c(C)c(C)c(O[Si](C)(C)C(C)(C)C)c(CC=C(C)CCCC(C)CCCC(C)CCCC(C)C)c1C. The van der Waals surface area contributed by atoms with E-state index in [0.29, 0.717) is 5.75 Å². The van der Waals surface area contributed by atoms with Crippen molar-refractivity contribution in [2.24, 2.45) is 17.8 Å². The Morgan fingerprint density at radius 1 is 0.780 bits per heavy atom. The molecule has 0 aliphatic carbocycles. The molecule has 0 saturated heterocycles. The van der Waals surface area contributed by atoms with Crippen LogP contribution in [0.1, 0.15) is 142 Å². The zero-order valence-electron chi connectivity index (χ0n) is 29.6. The molecule has 0 fully saturated rings. The topological polar surface area (TPSA) is 35.5 Å². The van der Waals surface area contributed by atoms with Gasteiger partial charge in [-0.3, -0.25) is 4.79 Å². The average molecular weight is 587 g/mol. The number of hydrogen-bond acceptors (Lipinski definition) is 3. The lowest BCUT2D eigenvalue weighted by molar-refractivity contribution is -0.131. The molecule has 0 spiro atoms. The molecule has 0 amide bonds. The van der Waals surface area contributed by atoms with E-state index in [-0.39, 0.29) is 11.0 Å². The third-order valence-corrected chi connectivity index (χ3v) is 13.8. The van der Waals surface area contributed by atoms with Crippen molar-refractivity contribution in [3.05, 3.63) is 33.9 Å². The number of rotatable bonds is 17. The fourth-order valence-corrected chi connectivity index (χ4v) is 6.42. The van der Waals surface area contributed by atoms with Crippen molar-refractivity contribution in [2.75, 3.05) is 0 Å². The summed E-state index contributed by atoms with van der Waals surface area (Å²) in [5, 5.41) is 0.0985. The molecule has 236 valence electrons. The van der Waals surface area contributed by atoms with Crippen molar-refractivity contribution in [3.8, 4) is 11.5 Å². The Labute approximate surface area is 256 Å². The zero-order valence-corrected chi connectivity index (χ0v) is 30.6. The van der Waals surface area contributed by atoms with Crippen LogP contribution in [0.15, 0.2) is 11.6 Å². The van der Waals surface area contributed by atoms with Crippen molar-refractivity contribution in [1.82, 2.24) is 0 Å². The second-order valence-corrected chi connectivity index (χ2v) is 19.8. The molecule has 1 rings (SSSR count). The molecule has 0 radical (unpaired) electrons. The lowest BCUT2D eigenvalue weighted by Gasteiger charge is -2.38. The number of carbonyl (C=O) groups is 1. The van der Waals surface area contributed by atoms with E-state index in [9.17, 15) is 4.79 Å². The summed E-state index contributed by atoms with van der Waals surface area (Å²) >= 11 is 0. The van der Waals surface area contributed by atoms with Crippen molar-refractivity contribution in [2.45, 2.75) is 165 Å². The minimum atomic E-state index is -2.05. The second kappa shape index (κ2) is 16.9. The maximum atomic E-state index is 11.9. The molecule has 0 bridgehead atoms. The van der Waals surface area contributed by atoms with Crippen molar-refractivity contribution < 1.29 is 14.0 Å². The smallest absolute Gasteiger partial charge is 0.308 e. The van der Waals surface area contributed by atoms with Gasteiger partial charge in [-0.05, 0) is 99.5 Å². The Kier molecular flexibility index (Phi) is 15.5. The van der Waals surface area contributed by atoms with Crippen molar-refractivity contribution in [3.63, 3.8) is 0 Å². The van der Waals surface area contributed by atoms with Crippen LogP contribution < -0.4 is 9.16 Å². The van der Waals surface area contributed by atoms with Crippen LogP contribution >= 0.6 is 0 Å². The summed E-state index contributed by atoms with van der Waals surface area (Å²) in [4.78, 5) is 11.9. The van der Waals surface area contributed by atoms with E-state index in [1.807, 2.05) is 6.92 Å². The van der Waals surface area contributed by atoms with Crippen LogP contribution in [0.3, 0.4) is 0 Å². The third kappa shape index (κ3) is 12.7. The summed E-state index contributed by atoms with van der Waals surface area (Å²) in [6.45, 7) is 30.9. The van der Waals surface area contributed by atoms with E-state index in [1.54, 1.807) is 0 Å². The van der Waals surface area contributed by atoms with Crippen LogP contribution in [0.5, 0.6) is 11.5 Å². The zero-order chi connectivity index (χ0) is 31.5. The Morgan fingerprint density at radius 3 is 1.76 bits per heavy atom. The highest BCUT2D eigenvalue weighted by molar-refractivity contribution is 6.74. The first-order valence-electron chi connectivity index (χ1n) is 16.5. The number of esters is 1. The molecular formula is C37H66O3Si. The molecular weight excluding hydrogens is 520 g/mol. The van der Waals surface area contributed by atoms with Crippen LogP contribution in [0.25, 0.3) is 0 Å². The molecule has 0 aliphatic heterocycles. The standard InChI is InChI=1S/C37H66O3Si/c1-26(2)18-15-19-27(3)20-16-21-28(4)22-17-23-29(5)24-25-34-32(8)35(39-33(9)38)30(6)31(7)36(34)40-41(13,14)37(10,11)12/h24,26-28H,15-23,25H2,1-14H3. The van der Waals surface area contributed by atoms with E-state index >= 15 is 0 Å². The van der Waals surface area contributed by atoms with Crippen molar-refractivity contribution >= 4 is 14.3 Å². The highest BCUT2D eigenvalue weighted by atomic mass is 28.4. The van der Waals surface area contributed by atoms with Crippen LogP contribution in [0.2, 0.25) is 18.1 Å². The van der Waals surface area contributed by atoms with E-state index in [0.717, 1.165) is 58.6 Å². The predicted molar refractivity (Wildman–Crippen MR) is 182 cm³/mol. The monoisotopic (exact) mass is 586 g/mol. The molecule has 0 heterocycles. The van der Waals surface area contributed by atoms with Gasteiger partial charge in [0, 0.05) is 12.5 Å². The molecule has 0 aromatic heterocycles. The Bertz CT molecular complexity index is 997. The summed E-state index contributed by atoms with van der Waals surface area (Å²) < 4.78 is 12.7. The minimum absolute atomic E-state index is 0.0985. The van der Waals surface area contributed by atoms with Gasteiger partial charge in [0.25, 0.3) is 8.32 Å². The van der Waals surface area contributed by atoms with Gasteiger partial charge in [0.1, 0.15) is 11.5 Å². The largest absolute Gasteiger partial charge is 0.543 e. The maximum Gasteiger partial charge on any atom is 0.308 e. The van der Waals surface area contributed by atoms with Crippen molar-refractivity contribution in [1.29, 1.82) is 0 Å². The molecule has 0 N–H and O–H groups in total. The number of benzene rings is 1. The Balaban J connectivity index is 2.88. The number of allylic oxidation sites excluding steroid dienone is 2. The quantitative estimate of drug-likeness (QED) is 0.0788. The van der Waals surface area contributed by atoms with Gasteiger partial charge in [-0.2, -0.15) is 0 Å². The maximum absolute atomic E-state index is 11.9. The van der Waals surface area contributed by atoms with E-state index in [1.165, 1.54) is 63.9 Å². The van der Waals surface area contributed by atoms with Gasteiger partial charge in [0.15, 0.2) is 0 Å². The number of hydrogen-bond donors (Lipinski definition) is 0. The van der Waals surface area contributed by atoms with Gasteiger partial charge in [-0.25, -0.2) is 0 Å². The van der Waals surface area contributed by atoms with Crippen LogP contribution in [0.4, 0.5) is 0 Å². The van der Waals surface area contributed by atoms with Crippen LogP contribution in [0, 0.1) is 38.5 Å². The van der Waals surface area contributed by atoms with Crippen LogP contribution in [-0.2, 0) is 11.2 Å². The van der Waals surface area contributed by atoms with Gasteiger partial charge in [-0.1, -0.05) is 105 Å². The molecule has 2 atom stereocenters. The molecule has 0 saturated carbocycles. The number of carbonyl (C=O) groups excluding carboxylic acids is 1. The average Bonchev–Trinajstić information content (AvgIpc) is 2.83. The Hall–Kier alpha value is -1.55. The summed E-state index contributed by atoms with van der Waals surface area (Å²) in [6, 6.07) is 0. The van der Waals surface area contributed by atoms with Gasteiger partial charge in [0.2, 0.25) is 0 Å². The van der Waals surface area contributed by atoms with Gasteiger partial charge >= 0.3 is 5.97 Å². The molecule has 41 heavy (non-hydrogen) atoms. The van der Waals surface area contributed by atoms with Crippen LogP contribution in [-0.4, -0.2) is 14.3 Å². The summed E-state index contributed by atoms with van der Waals surface area (Å²) in [5.41, 5.74) is 5.69. The van der Waals surface area contributed by atoms with Gasteiger partial charge in [-0.15, -0.1) is 0 Å². The summed E-state index contributed by atoms with van der Waals surface area (Å²) in [5.74, 6) is 3.91. The lowest BCUT2D eigenvalue weighted by atomic mass is 9.91. The highest BCUT2D eigenvalue weighted by Crippen LogP contribution is 2.44. The normalized spacial score (nSPS) is 14.4. The van der Waals surface area contributed by atoms with Gasteiger partial charge < -0.3 is 9.16 Å². The fourth-order valence-electron chi connectivity index (χ4n) is 5.33. The highest BCUT2D eigenvalue weighted by Gasteiger charge is 2.40. The summed E-state index contributed by atoms with van der Waals surface area (Å²) in [7, 11) is -2.05. The van der Waals surface area contributed by atoms with Gasteiger partial charge in [0.05, 0.1) is 0 Å². The second-order valence-electron chi connectivity index (χ2n) is 15.1. The first kappa shape index (κ1) is 37.5. The molecule has 1 aromatic rings. The fraction of sp³-hybridized carbons (Fsp3) is 0.757. The van der Waals surface area contributed by atoms with E-state index in [2.05, 4.69) is 88.4 Å². The predicted octanol–water partition coefficient (Wildman–Crippen LogP) is 11.8. The van der Waals surface area contributed by atoms with E-state index in [4.69, 9.17) is 9.16 Å². The molecule has 4 heteroatoms. The first-order chi connectivity index (χ1) is 18.9. The molecule has 1 aromatic carbocycles. The first-order valence-corrected chi connectivity index (χ1v) is 19.4. The van der Waals surface area contributed by atoms with E-state index < -0.39 is 8.32 Å². The molecule has 3 nitrogen and oxygen atoms in total. The Morgan fingerprint density at radius 2 is 1.27 bits per heavy atom. The summed E-state index contributed by atoms with van der Waals surface area (Å²) in [6.07, 6.45) is 15.1. The lowest BCUT2D eigenvalue weighted by Crippen LogP contribution is -2.44. The number of ether oxygens (including phenoxy) is 1. The molecule has 0 aliphatic rings.